The molecule has 1 N–H and O–H groups in total. The molecule has 2 rings (SSSR count). The number of carboxylic acid groups (broad SMARTS) is 1. The van der Waals surface area contributed by atoms with E-state index < -0.39 is 16.2 Å². The molecule has 2 heterocycles. The molecule has 12 heteroatoms. The molecule has 1 aromatic heterocycles. The van der Waals surface area contributed by atoms with Crippen LogP contribution in [0.4, 0.5) is 4.79 Å². The van der Waals surface area contributed by atoms with Gasteiger partial charge in [-0.05, 0) is 13.5 Å². The van der Waals surface area contributed by atoms with Crippen molar-refractivity contribution in [1.29, 1.82) is 0 Å². The maximum Gasteiger partial charge on any atom is 0.511 e. The predicted octanol–water partition coefficient (Wildman–Crippen LogP) is 1.30. The maximum absolute atomic E-state index is 12.8. The quantitative estimate of drug-likeness (QED) is 0.448. The number of carbonyl (C=O) groups is 1. The number of hydrogen-bond acceptors (Lipinski definition) is 8. The highest BCUT2D eigenvalue weighted by Crippen LogP contribution is 2.29. The van der Waals surface area contributed by atoms with E-state index in [4.69, 9.17) is 14.6 Å². The smallest absolute Gasteiger partial charge is 0.473 e. The summed E-state index contributed by atoms with van der Waals surface area (Å²) < 4.78 is 42.2. The van der Waals surface area contributed by atoms with Crippen LogP contribution in [-0.4, -0.2) is 86.4 Å². The fourth-order valence-electron chi connectivity index (χ4n) is 2.61. The number of hydrogen-bond donors (Lipinski definition) is 1. The number of piperazine rings is 1. The molecule has 0 unspecified atom stereocenters. The third-order valence-corrected chi connectivity index (χ3v) is 5.94. The van der Waals surface area contributed by atoms with Gasteiger partial charge in [-0.2, -0.15) is 4.31 Å². The molecule has 1 aliphatic rings. The lowest BCUT2D eigenvalue weighted by Gasteiger charge is -2.33. The Labute approximate surface area is 170 Å². The molecule has 1 aliphatic heterocycles. The monoisotopic (exact) mass is 439 g/mol. The average molecular weight is 440 g/mol. The molecule has 0 atom stereocenters. The average Bonchev–Trinajstić information content (AvgIpc) is 2.65. The molecule has 28 heavy (non-hydrogen) atoms. The van der Waals surface area contributed by atoms with E-state index in [1.165, 1.54) is 4.31 Å². The zero-order chi connectivity index (χ0) is 19.9. The van der Waals surface area contributed by atoms with Crippen molar-refractivity contribution in [3.63, 3.8) is 0 Å². The van der Waals surface area contributed by atoms with Crippen LogP contribution in [0.1, 0.15) is 13.8 Å². The Bertz CT molecular complexity index is 740. The first-order chi connectivity index (χ1) is 12.9. The van der Waals surface area contributed by atoms with Gasteiger partial charge in [-0.25, -0.2) is 18.2 Å². The second-order valence-electron chi connectivity index (χ2n) is 5.73. The van der Waals surface area contributed by atoms with Gasteiger partial charge in [0.2, 0.25) is 10.0 Å². The van der Waals surface area contributed by atoms with Crippen LogP contribution in [0.3, 0.4) is 0 Å². The second kappa shape index (κ2) is 11.4. The largest absolute Gasteiger partial charge is 0.511 e. The maximum atomic E-state index is 12.8. The van der Waals surface area contributed by atoms with E-state index in [-0.39, 0.29) is 42.1 Å². The van der Waals surface area contributed by atoms with Gasteiger partial charge in [0.15, 0.2) is 5.75 Å². The molecule has 0 aliphatic carbocycles. The molecule has 10 nitrogen and oxygen atoms in total. The number of likely N-dealkylation sites (N-methyl/N-ethyl adjacent to an activating group) is 1. The summed E-state index contributed by atoms with van der Waals surface area (Å²) in [5.41, 5.74) is 0. The summed E-state index contributed by atoms with van der Waals surface area (Å²) in [5, 5.41) is 8.90. The first-order valence-electron chi connectivity index (χ1n) is 8.72. The minimum Gasteiger partial charge on any atom is -0.473 e. The topological polar surface area (TPSA) is 119 Å². The molecule has 0 radical (unpaired) electrons. The Kier molecular flexibility index (Phi) is 9.90. The summed E-state index contributed by atoms with van der Waals surface area (Å²) in [6, 6.07) is 1.12. The predicted molar refractivity (Wildman–Crippen MR) is 103 cm³/mol. The van der Waals surface area contributed by atoms with Crippen molar-refractivity contribution in [2.24, 2.45) is 0 Å². The van der Waals surface area contributed by atoms with Crippen molar-refractivity contribution in [3.05, 3.63) is 12.3 Å². The highest BCUT2D eigenvalue weighted by atomic mass is 35.5. The molecule has 0 spiro atoms. The molecule has 0 bridgehead atoms. The molecule has 0 amide bonds. The number of halogens is 1. The summed E-state index contributed by atoms with van der Waals surface area (Å²) in [6.07, 6.45) is -0.440. The van der Waals surface area contributed by atoms with Crippen LogP contribution in [0.2, 0.25) is 0 Å². The molecule has 0 aromatic carbocycles. The molecule has 1 fully saturated rings. The Morgan fingerprint density at radius 2 is 1.89 bits per heavy atom. The number of sulfonamides is 1. The lowest BCUT2D eigenvalue weighted by Crippen LogP contribution is -2.48. The van der Waals surface area contributed by atoms with Gasteiger partial charge < -0.3 is 24.2 Å². The van der Waals surface area contributed by atoms with Gasteiger partial charge in [-0.15, -0.1) is 12.4 Å². The first-order valence-corrected chi connectivity index (χ1v) is 10.2. The van der Waals surface area contributed by atoms with Gasteiger partial charge in [0, 0.05) is 38.9 Å². The zero-order valence-electron chi connectivity index (χ0n) is 15.9. The van der Waals surface area contributed by atoms with Gasteiger partial charge in [-0.3, -0.25) is 0 Å². The Morgan fingerprint density at radius 1 is 1.21 bits per heavy atom. The number of rotatable bonds is 9. The molecule has 1 saturated heterocycles. The Morgan fingerprint density at radius 3 is 2.46 bits per heavy atom. The summed E-state index contributed by atoms with van der Waals surface area (Å²) in [5.74, 6) is -0.376. The number of ether oxygens (including phenoxy) is 3. The van der Waals surface area contributed by atoms with Crippen molar-refractivity contribution in [2.75, 3.05) is 52.5 Å². The van der Waals surface area contributed by atoms with E-state index in [1.807, 2.05) is 13.8 Å². The van der Waals surface area contributed by atoms with Gasteiger partial charge in [0.05, 0.1) is 12.8 Å². The molecular weight excluding hydrogens is 414 g/mol. The van der Waals surface area contributed by atoms with Crippen LogP contribution < -0.4 is 9.47 Å². The van der Waals surface area contributed by atoms with E-state index in [1.54, 1.807) is 0 Å². The fourth-order valence-corrected chi connectivity index (χ4v) is 3.99. The first kappa shape index (κ1) is 24.4. The van der Waals surface area contributed by atoms with E-state index in [9.17, 15) is 13.2 Å². The molecule has 0 saturated carbocycles. The van der Waals surface area contributed by atoms with Crippen LogP contribution in [0.25, 0.3) is 0 Å². The van der Waals surface area contributed by atoms with E-state index in [2.05, 4.69) is 14.6 Å². The number of pyridine rings is 1. The standard InChI is InChI=1S/C16H25N3O7S.ClH/c1-3-18-5-7-19(8-6-18)27(22,23)13-11-14(26-16(20)21)15(17-12-13)25-10-9-24-4-2;/h11-12H,3-10H2,1-2H3,(H,20,21);1H. The van der Waals surface area contributed by atoms with Crippen molar-refractivity contribution >= 4 is 28.6 Å². The van der Waals surface area contributed by atoms with E-state index in [0.29, 0.717) is 32.8 Å². The summed E-state index contributed by atoms with van der Waals surface area (Å²) in [7, 11) is -3.81. The number of aromatic nitrogens is 1. The molecule has 1 aromatic rings. The van der Waals surface area contributed by atoms with Crippen LogP contribution >= 0.6 is 12.4 Å². The van der Waals surface area contributed by atoms with Gasteiger partial charge in [0.1, 0.15) is 11.5 Å². The number of nitrogens with zero attached hydrogens (tertiary/aromatic N) is 3. The van der Waals surface area contributed by atoms with Crippen molar-refractivity contribution in [3.8, 4) is 11.6 Å². The Balaban J connectivity index is 0.00000392. The van der Waals surface area contributed by atoms with Gasteiger partial charge in [0.25, 0.3) is 5.88 Å². The highest BCUT2D eigenvalue weighted by Gasteiger charge is 2.29. The van der Waals surface area contributed by atoms with Gasteiger partial charge >= 0.3 is 6.16 Å². The minimum atomic E-state index is -3.81. The normalized spacial score (nSPS) is 15.6. The summed E-state index contributed by atoms with van der Waals surface area (Å²) >= 11 is 0. The lowest BCUT2D eigenvalue weighted by molar-refractivity contribution is 0.105. The third-order valence-electron chi connectivity index (χ3n) is 4.08. The van der Waals surface area contributed by atoms with Crippen LogP contribution in [0.15, 0.2) is 17.2 Å². The second-order valence-corrected chi connectivity index (χ2v) is 7.66. The van der Waals surface area contributed by atoms with Gasteiger partial charge in [-0.1, -0.05) is 6.92 Å². The highest BCUT2D eigenvalue weighted by molar-refractivity contribution is 7.89. The van der Waals surface area contributed by atoms with E-state index in [0.717, 1.165) is 18.8 Å². The minimum absolute atomic E-state index is 0. The van der Waals surface area contributed by atoms with Crippen molar-refractivity contribution in [1.82, 2.24) is 14.2 Å². The third kappa shape index (κ3) is 6.45. The fraction of sp³-hybridized carbons (Fsp3) is 0.625. The van der Waals surface area contributed by atoms with Crippen molar-refractivity contribution in [2.45, 2.75) is 18.7 Å². The lowest BCUT2D eigenvalue weighted by atomic mass is 10.4. The summed E-state index contributed by atoms with van der Waals surface area (Å²) in [4.78, 5) is 16.9. The van der Waals surface area contributed by atoms with Crippen molar-refractivity contribution < 1.29 is 32.5 Å². The van der Waals surface area contributed by atoms with Crippen LogP contribution in [0.5, 0.6) is 11.6 Å². The SMILES string of the molecule is CCOCCOc1ncc(S(=O)(=O)N2CCN(CC)CC2)cc1OC(=O)O.Cl. The molecule has 160 valence electrons. The zero-order valence-corrected chi connectivity index (χ0v) is 17.5. The van der Waals surface area contributed by atoms with E-state index >= 15 is 0 Å². The van der Waals surface area contributed by atoms with Crippen LogP contribution in [0, 0.1) is 0 Å². The summed E-state index contributed by atoms with van der Waals surface area (Å²) in [6.45, 7) is 7.63. The van der Waals surface area contributed by atoms with Crippen LogP contribution in [-0.2, 0) is 14.8 Å². The Hall–Kier alpha value is -1.66. The molecular formula is C16H26ClN3O7S.